The maximum absolute atomic E-state index is 12.7. The first kappa shape index (κ1) is 19.8. The molecule has 0 aromatic heterocycles. The molecule has 0 fully saturated rings. The second-order valence-corrected chi connectivity index (χ2v) is 6.26. The minimum atomic E-state index is -2.31. The molecule has 12 heteroatoms. The molecule has 1 unspecified atom stereocenters. The van der Waals surface area contributed by atoms with Gasteiger partial charge in [-0.25, -0.2) is 0 Å². The molecule has 1 aliphatic rings. The lowest BCUT2D eigenvalue weighted by Gasteiger charge is -2.57. The molecule has 24 heavy (non-hydrogen) atoms. The van der Waals surface area contributed by atoms with Gasteiger partial charge in [-0.2, -0.15) is 0 Å². The number of Topliss-reactive ketones (excluding diaryl/α,β-unsaturated/α-hetero) is 1. The van der Waals surface area contributed by atoms with Crippen LogP contribution in [0.25, 0.3) is 0 Å². The van der Waals surface area contributed by atoms with Crippen LogP contribution in [0, 0.1) is 0 Å². The highest BCUT2D eigenvalue weighted by Crippen LogP contribution is 2.58. The van der Waals surface area contributed by atoms with Crippen LogP contribution in [-0.4, -0.2) is 76.4 Å². The molecule has 1 atom stereocenters. The van der Waals surface area contributed by atoms with Crippen LogP contribution >= 0.6 is 11.6 Å². The van der Waals surface area contributed by atoms with E-state index in [2.05, 4.69) is 0 Å². The number of hydrogen-bond acceptors (Lipinski definition) is 2. The summed E-state index contributed by atoms with van der Waals surface area (Å²) in [5.74, 6) is -0.892. The van der Waals surface area contributed by atoms with Gasteiger partial charge in [0.2, 0.25) is 0 Å². The third-order valence-corrected chi connectivity index (χ3v) is 4.77. The first-order valence-electron chi connectivity index (χ1n) is 6.61. The van der Waals surface area contributed by atoms with Crippen molar-refractivity contribution >= 4 is 110 Å². The van der Waals surface area contributed by atoms with Gasteiger partial charge in [0, 0.05) is 5.02 Å². The van der Waals surface area contributed by atoms with Crippen molar-refractivity contribution in [3.05, 3.63) is 22.1 Å². The fourth-order valence-electron chi connectivity index (χ4n) is 2.70. The zero-order chi connectivity index (χ0) is 18.8. The van der Waals surface area contributed by atoms with Gasteiger partial charge in [-0.1, -0.05) is 44.5 Å². The Morgan fingerprint density at radius 3 is 1.83 bits per heavy atom. The van der Waals surface area contributed by atoms with Crippen LogP contribution in [0.5, 0.6) is 0 Å². The number of rotatable bonds is 1. The Morgan fingerprint density at radius 1 is 0.875 bits per heavy atom. The van der Waals surface area contributed by atoms with Gasteiger partial charge in [-0.3, -0.25) is 4.79 Å². The number of ketones is 1. The van der Waals surface area contributed by atoms with Gasteiger partial charge < -0.3 is 5.73 Å². The summed E-state index contributed by atoms with van der Waals surface area (Å²) in [5.41, 5.74) is 2.73. The largest absolute Gasteiger partial charge is 0.316 e. The molecule has 0 saturated carbocycles. The Morgan fingerprint density at radius 2 is 1.33 bits per heavy atom. The number of carbonyl (C=O) groups is 1. The Labute approximate surface area is 158 Å². The van der Waals surface area contributed by atoms with Crippen molar-refractivity contribution in [2.24, 2.45) is 5.73 Å². The predicted molar refractivity (Wildman–Crippen MR) is 106 cm³/mol. The summed E-state index contributed by atoms with van der Waals surface area (Å²) in [5, 5.41) is -4.46. The molecule has 1 aliphatic carbocycles. The van der Waals surface area contributed by atoms with E-state index < -0.39 is 21.7 Å². The highest BCUT2D eigenvalue weighted by atomic mass is 35.5. The normalized spacial score (nSPS) is 25.2. The monoisotopic (exact) mass is 311 g/mol. The van der Waals surface area contributed by atoms with Crippen molar-refractivity contribution in [2.75, 3.05) is 0 Å². The third-order valence-electron chi connectivity index (χ3n) is 4.37. The summed E-state index contributed by atoms with van der Waals surface area (Å²) < 4.78 is 0. The first-order valence-corrected chi connectivity index (χ1v) is 6.99. The molecule has 18 radical (unpaired) electrons. The summed E-state index contributed by atoms with van der Waals surface area (Å²) in [6, 6.07) is 0. The van der Waals surface area contributed by atoms with Gasteiger partial charge in [-0.05, 0) is 5.56 Å². The van der Waals surface area contributed by atoms with E-state index in [9.17, 15) is 4.79 Å². The molecular formula is C12H3B9ClNO. The molecule has 1 aromatic rings. The van der Waals surface area contributed by atoms with Gasteiger partial charge in [0.15, 0.2) is 5.78 Å². The number of carbonyl (C=O) groups excluding carboxylic acids is 1. The summed E-state index contributed by atoms with van der Waals surface area (Å²) in [6.07, 6.45) is 1.01. The van der Waals surface area contributed by atoms with E-state index in [4.69, 9.17) is 88.0 Å². The highest BCUT2D eigenvalue weighted by molar-refractivity contribution is 6.66. The maximum Gasteiger partial charge on any atom is 0.171 e. The van der Waals surface area contributed by atoms with E-state index >= 15 is 0 Å². The standard InChI is InChI=1S/C12H3B9ClNO/c13-2-1-10(18,19)12(20,21)11(23,9(2)24)3-4(14)5(15)6(16)7(17)8(3)22/h1H,23H2. The van der Waals surface area contributed by atoms with E-state index in [1.165, 1.54) is 0 Å². The van der Waals surface area contributed by atoms with Crippen LogP contribution in [0.4, 0.5) is 0 Å². The topological polar surface area (TPSA) is 43.1 Å². The Hall–Kier alpha value is -0.536. The number of benzene rings is 1. The number of halogens is 1. The van der Waals surface area contributed by atoms with Crippen LogP contribution in [0.15, 0.2) is 11.5 Å². The van der Waals surface area contributed by atoms with E-state index in [-0.39, 0.29) is 37.9 Å². The number of hydrogen-bond donors (Lipinski definition) is 1. The summed E-state index contributed by atoms with van der Waals surface area (Å²) >= 11 is 6.21. The van der Waals surface area contributed by atoms with E-state index in [1.807, 2.05) is 0 Å². The third kappa shape index (κ3) is 2.30. The molecule has 0 bridgehead atoms. The summed E-state index contributed by atoms with van der Waals surface area (Å²) in [4.78, 5) is 12.7. The van der Waals surface area contributed by atoms with Crippen molar-refractivity contribution in [1.82, 2.24) is 0 Å². The highest BCUT2D eigenvalue weighted by Gasteiger charge is 2.57. The smallest absolute Gasteiger partial charge is 0.171 e. The molecular weight excluding hydrogens is 307 g/mol. The van der Waals surface area contributed by atoms with Crippen LogP contribution in [-0.2, 0) is 10.3 Å². The van der Waals surface area contributed by atoms with Gasteiger partial charge >= 0.3 is 0 Å². The molecule has 0 spiro atoms. The van der Waals surface area contributed by atoms with Gasteiger partial charge in [0.05, 0.1) is 36.9 Å². The second kappa shape index (κ2) is 5.74. The predicted octanol–water partition coefficient (Wildman–Crippen LogP) is -4.79. The minimum Gasteiger partial charge on any atom is -0.316 e. The minimum absolute atomic E-state index is 0.0805. The Kier molecular flexibility index (Phi) is 4.73. The van der Waals surface area contributed by atoms with E-state index in [0.717, 1.165) is 6.08 Å². The molecule has 1 aromatic carbocycles. The number of nitrogens with two attached hydrogens (primary N) is 1. The number of allylic oxidation sites excluding steroid dienone is 1. The molecule has 0 heterocycles. The van der Waals surface area contributed by atoms with Gasteiger partial charge in [0.25, 0.3) is 0 Å². The fraction of sp³-hybridized carbons (Fsp3) is 0.250. The van der Waals surface area contributed by atoms with Crippen molar-refractivity contribution in [1.29, 1.82) is 0 Å². The van der Waals surface area contributed by atoms with Gasteiger partial charge in [-0.15, -0.1) is 10.9 Å². The Balaban J connectivity index is 3.00. The molecule has 96 valence electrons. The summed E-state index contributed by atoms with van der Waals surface area (Å²) in [6.45, 7) is 0. The van der Waals surface area contributed by atoms with Crippen molar-refractivity contribution in [3.8, 4) is 0 Å². The van der Waals surface area contributed by atoms with Crippen molar-refractivity contribution in [3.63, 3.8) is 0 Å². The van der Waals surface area contributed by atoms with Crippen LogP contribution in [0.1, 0.15) is 5.56 Å². The molecule has 2 nitrogen and oxygen atoms in total. The van der Waals surface area contributed by atoms with Gasteiger partial charge in [0.1, 0.15) is 39.2 Å². The Bertz CT molecular complexity index is 762. The lowest BCUT2D eigenvalue weighted by molar-refractivity contribution is -0.121. The van der Waals surface area contributed by atoms with Crippen LogP contribution in [0.3, 0.4) is 0 Å². The SMILES string of the molecule is [B]C1=CC([B])([B])C([B])([B])C(N)(c2c([B])c([B])c([B])c([B])c2Cl)C1=O. The zero-order valence-electron chi connectivity index (χ0n) is 12.6. The maximum atomic E-state index is 12.7. The van der Waals surface area contributed by atoms with Crippen LogP contribution in [0.2, 0.25) is 15.5 Å². The molecule has 0 aliphatic heterocycles. The van der Waals surface area contributed by atoms with Crippen molar-refractivity contribution < 1.29 is 4.79 Å². The lowest BCUT2D eigenvalue weighted by atomic mass is 9.22. The zero-order valence-corrected chi connectivity index (χ0v) is 13.4. The van der Waals surface area contributed by atoms with Crippen molar-refractivity contribution in [2.45, 2.75) is 16.0 Å². The second-order valence-electron chi connectivity index (χ2n) is 5.88. The first-order chi connectivity index (χ1) is 10.7. The summed E-state index contributed by atoms with van der Waals surface area (Å²) in [7, 11) is 52.9. The van der Waals surface area contributed by atoms with Crippen LogP contribution < -0.4 is 27.6 Å². The molecule has 2 N–H and O–H groups in total. The van der Waals surface area contributed by atoms with E-state index in [0.29, 0.717) is 0 Å². The fourth-order valence-corrected chi connectivity index (χ4v) is 3.05. The lowest BCUT2D eigenvalue weighted by Crippen LogP contribution is -2.66. The molecule has 0 amide bonds. The average molecular weight is 310 g/mol. The van der Waals surface area contributed by atoms with E-state index in [1.54, 1.807) is 0 Å². The average Bonchev–Trinajstić information content (AvgIpc) is 2.48. The molecule has 2 rings (SSSR count). The molecule has 0 saturated heterocycles. The quantitative estimate of drug-likeness (QED) is 0.529.